The van der Waals surface area contributed by atoms with E-state index in [1.807, 2.05) is 26.0 Å². The molecule has 28 heavy (non-hydrogen) atoms. The number of hydrogen-bond acceptors (Lipinski definition) is 5. The van der Waals surface area contributed by atoms with E-state index >= 15 is 0 Å². The highest BCUT2D eigenvalue weighted by atomic mass is 79.9. The van der Waals surface area contributed by atoms with E-state index in [0.717, 1.165) is 35.4 Å². The number of hydrogen-bond donors (Lipinski definition) is 1. The first-order valence-corrected chi connectivity index (χ1v) is 12.4. The van der Waals surface area contributed by atoms with E-state index in [1.165, 1.54) is 15.6 Å². The molecule has 2 heterocycles. The van der Waals surface area contributed by atoms with E-state index < -0.39 is 10.0 Å². The lowest BCUT2D eigenvalue weighted by Gasteiger charge is -2.24. The average molecular weight is 486 g/mol. The molecule has 9 heteroatoms. The van der Waals surface area contributed by atoms with E-state index in [2.05, 4.69) is 26.1 Å². The van der Waals surface area contributed by atoms with Crippen LogP contribution in [0.25, 0.3) is 0 Å². The SMILES string of the molecule is CCN(CC)S(=O)(=O)c1ccc(N2CCCC2)c(NC(=O)c2ccc(Br)s2)c1. The summed E-state index contributed by atoms with van der Waals surface area (Å²) in [6.45, 7) is 6.23. The molecular formula is C19H24BrN3O3S2. The van der Waals surface area contributed by atoms with E-state index in [-0.39, 0.29) is 10.8 Å². The van der Waals surface area contributed by atoms with Gasteiger partial charge in [-0.1, -0.05) is 13.8 Å². The maximum atomic E-state index is 12.9. The van der Waals surface area contributed by atoms with Crippen LogP contribution in [0.2, 0.25) is 0 Å². The molecule has 0 spiro atoms. The first-order chi connectivity index (χ1) is 13.4. The molecule has 152 valence electrons. The molecule has 1 aliphatic heterocycles. The molecule has 1 aromatic heterocycles. The Balaban J connectivity index is 1.99. The second-order valence-corrected chi connectivity index (χ2v) is 10.9. The number of thiophene rings is 1. The summed E-state index contributed by atoms with van der Waals surface area (Å²) in [5, 5.41) is 2.93. The quantitative estimate of drug-likeness (QED) is 0.630. The Kier molecular flexibility index (Phi) is 6.80. The van der Waals surface area contributed by atoms with Crippen LogP contribution >= 0.6 is 27.3 Å². The van der Waals surface area contributed by atoms with Crippen molar-refractivity contribution in [2.45, 2.75) is 31.6 Å². The third kappa shape index (κ3) is 4.42. The van der Waals surface area contributed by atoms with Crippen LogP contribution in [0.3, 0.4) is 0 Å². The summed E-state index contributed by atoms with van der Waals surface area (Å²) < 4.78 is 28.2. The number of halogens is 1. The van der Waals surface area contributed by atoms with E-state index in [1.54, 1.807) is 18.2 Å². The van der Waals surface area contributed by atoms with Crippen LogP contribution in [0.1, 0.15) is 36.4 Å². The summed E-state index contributed by atoms with van der Waals surface area (Å²) in [5.74, 6) is -0.242. The van der Waals surface area contributed by atoms with Gasteiger partial charge >= 0.3 is 0 Å². The van der Waals surface area contributed by atoms with Crippen molar-refractivity contribution in [3.8, 4) is 0 Å². The molecule has 2 aromatic rings. The number of carbonyl (C=O) groups is 1. The van der Waals surface area contributed by atoms with Crippen molar-refractivity contribution in [2.24, 2.45) is 0 Å². The average Bonchev–Trinajstić information content (AvgIpc) is 3.34. The topological polar surface area (TPSA) is 69.7 Å². The number of amides is 1. The largest absolute Gasteiger partial charge is 0.370 e. The van der Waals surface area contributed by atoms with Crippen molar-refractivity contribution in [3.05, 3.63) is 39.0 Å². The van der Waals surface area contributed by atoms with Crippen LogP contribution in [0.5, 0.6) is 0 Å². The molecule has 1 fully saturated rings. The highest BCUT2D eigenvalue weighted by Crippen LogP contribution is 2.33. The third-order valence-electron chi connectivity index (χ3n) is 4.80. The number of nitrogens with one attached hydrogen (secondary N) is 1. The smallest absolute Gasteiger partial charge is 0.265 e. The van der Waals surface area contributed by atoms with Gasteiger partial charge in [-0.2, -0.15) is 4.31 Å². The fourth-order valence-electron chi connectivity index (χ4n) is 3.34. The Morgan fingerprint density at radius 1 is 1.18 bits per heavy atom. The molecule has 0 radical (unpaired) electrons. The molecular weight excluding hydrogens is 462 g/mol. The fraction of sp³-hybridized carbons (Fsp3) is 0.421. The predicted molar refractivity (Wildman–Crippen MR) is 118 cm³/mol. The van der Waals surface area contributed by atoms with Gasteiger partial charge in [0.15, 0.2) is 0 Å². The summed E-state index contributed by atoms with van der Waals surface area (Å²) in [7, 11) is -3.60. The summed E-state index contributed by atoms with van der Waals surface area (Å²) in [6.07, 6.45) is 2.18. The number of nitrogens with zero attached hydrogens (tertiary/aromatic N) is 2. The van der Waals surface area contributed by atoms with Gasteiger partial charge in [-0.25, -0.2) is 8.42 Å². The van der Waals surface area contributed by atoms with Gasteiger partial charge in [0.25, 0.3) is 5.91 Å². The first-order valence-electron chi connectivity index (χ1n) is 9.32. The molecule has 6 nitrogen and oxygen atoms in total. The maximum Gasteiger partial charge on any atom is 0.265 e. The zero-order chi connectivity index (χ0) is 20.3. The molecule has 0 atom stereocenters. The molecule has 1 aromatic carbocycles. The Morgan fingerprint density at radius 3 is 2.43 bits per heavy atom. The Morgan fingerprint density at radius 2 is 1.86 bits per heavy atom. The number of anilines is 2. The zero-order valence-electron chi connectivity index (χ0n) is 15.9. The maximum absolute atomic E-state index is 12.9. The van der Waals surface area contributed by atoms with Gasteiger partial charge in [0.2, 0.25) is 10.0 Å². The minimum absolute atomic E-state index is 0.196. The molecule has 1 N–H and O–H groups in total. The van der Waals surface area contributed by atoms with Crippen molar-refractivity contribution < 1.29 is 13.2 Å². The lowest BCUT2D eigenvalue weighted by Crippen LogP contribution is -2.31. The number of carbonyl (C=O) groups excluding carboxylic acids is 1. The van der Waals surface area contributed by atoms with Crippen molar-refractivity contribution in [1.82, 2.24) is 4.31 Å². The second kappa shape index (κ2) is 8.94. The van der Waals surface area contributed by atoms with Crippen LogP contribution in [0.15, 0.2) is 39.0 Å². The van der Waals surface area contributed by atoms with Crippen molar-refractivity contribution in [3.63, 3.8) is 0 Å². The van der Waals surface area contributed by atoms with Crippen LogP contribution in [-0.2, 0) is 10.0 Å². The minimum Gasteiger partial charge on any atom is -0.370 e. The number of benzene rings is 1. The number of sulfonamides is 1. The molecule has 0 bridgehead atoms. The molecule has 1 amide bonds. The molecule has 0 aliphatic carbocycles. The third-order valence-corrected chi connectivity index (χ3v) is 8.47. The molecule has 1 saturated heterocycles. The molecule has 0 saturated carbocycles. The summed E-state index contributed by atoms with van der Waals surface area (Å²) in [6, 6.07) is 8.60. The van der Waals surface area contributed by atoms with Crippen molar-refractivity contribution in [2.75, 3.05) is 36.4 Å². The molecule has 1 aliphatic rings. The zero-order valence-corrected chi connectivity index (χ0v) is 19.2. The molecule has 0 unspecified atom stereocenters. The van der Waals surface area contributed by atoms with E-state index in [4.69, 9.17) is 0 Å². The minimum atomic E-state index is -3.60. The van der Waals surface area contributed by atoms with Gasteiger partial charge in [-0.05, 0) is 59.1 Å². The van der Waals surface area contributed by atoms with Crippen LogP contribution in [-0.4, -0.2) is 44.8 Å². The Bertz CT molecular complexity index is 949. The van der Waals surface area contributed by atoms with Crippen LogP contribution < -0.4 is 10.2 Å². The lowest BCUT2D eigenvalue weighted by atomic mass is 10.2. The highest BCUT2D eigenvalue weighted by molar-refractivity contribution is 9.11. The normalized spacial score (nSPS) is 14.6. The van der Waals surface area contributed by atoms with E-state index in [9.17, 15) is 13.2 Å². The van der Waals surface area contributed by atoms with Crippen LogP contribution in [0, 0.1) is 0 Å². The van der Waals surface area contributed by atoms with Crippen molar-refractivity contribution >= 4 is 54.6 Å². The Labute approximate surface area is 178 Å². The number of rotatable bonds is 7. The van der Waals surface area contributed by atoms with Crippen LogP contribution in [0.4, 0.5) is 11.4 Å². The van der Waals surface area contributed by atoms with Gasteiger partial charge < -0.3 is 10.2 Å². The van der Waals surface area contributed by atoms with Gasteiger partial charge in [-0.15, -0.1) is 11.3 Å². The van der Waals surface area contributed by atoms with Gasteiger partial charge in [-0.3, -0.25) is 4.79 Å². The lowest BCUT2D eigenvalue weighted by molar-refractivity contribution is 0.103. The van der Waals surface area contributed by atoms with Gasteiger partial charge in [0.05, 0.1) is 24.9 Å². The van der Waals surface area contributed by atoms with Gasteiger partial charge in [0, 0.05) is 26.2 Å². The standard InChI is InChI=1S/C19H24BrN3O3S2/c1-3-23(4-2)28(25,26)14-7-8-16(22-11-5-6-12-22)15(13-14)21-19(24)17-9-10-18(20)27-17/h7-10,13H,3-6,11-12H2,1-2H3,(H,21,24). The van der Waals surface area contributed by atoms with E-state index in [0.29, 0.717) is 23.7 Å². The predicted octanol–water partition coefficient (Wildman–Crippen LogP) is 4.39. The Hall–Kier alpha value is -1.42. The van der Waals surface area contributed by atoms with Crippen molar-refractivity contribution in [1.29, 1.82) is 0 Å². The monoisotopic (exact) mass is 485 g/mol. The highest BCUT2D eigenvalue weighted by Gasteiger charge is 2.25. The molecule has 3 rings (SSSR count). The second-order valence-electron chi connectivity index (χ2n) is 6.52. The van der Waals surface area contributed by atoms with Gasteiger partial charge in [0.1, 0.15) is 0 Å². The summed E-state index contributed by atoms with van der Waals surface area (Å²) in [5.41, 5.74) is 1.39. The summed E-state index contributed by atoms with van der Waals surface area (Å²) >= 11 is 4.71. The first kappa shape index (κ1) is 21.3. The summed E-state index contributed by atoms with van der Waals surface area (Å²) in [4.78, 5) is 15.7. The fourth-order valence-corrected chi connectivity index (χ4v) is 6.11.